The van der Waals surface area contributed by atoms with E-state index in [4.69, 9.17) is 44.9 Å². The first-order valence-corrected chi connectivity index (χ1v) is 47.8. The number of halogens is 8. The lowest BCUT2D eigenvalue weighted by atomic mass is 9.90. The monoisotopic (exact) mass is 1930 g/mol. The van der Waals surface area contributed by atoms with E-state index in [-0.39, 0.29) is 22.4 Å². The molecule has 0 fully saturated rings. The van der Waals surface area contributed by atoms with Crippen molar-refractivity contribution in [1.82, 2.24) is 44.9 Å². The Bertz CT molecular complexity index is 9760. The normalized spacial score (nSPS) is 11.4. The number of nitrogens with zero attached hydrogens (tertiary/aromatic N) is 10. The molecule has 0 atom stereocenters. The maximum atomic E-state index is 15.5. The smallest absolute Gasteiger partial charge is 0.200 e. The number of para-hydroxylation sites is 3. The molecule has 700 valence electrons. The summed E-state index contributed by atoms with van der Waals surface area (Å²) in [7, 11) is 0. The second-order valence-electron chi connectivity index (χ2n) is 35.6. The Morgan fingerprint density at radius 1 is 0.162 bits per heavy atom. The van der Waals surface area contributed by atoms with Crippen molar-refractivity contribution in [3.8, 4) is 163 Å². The van der Waals surface area contributed by atoms with E-state index >= 15 is 8.78 Å². The lowest BCUT2D eigenvalue weighted by molar-refractivity contribution is 0.381. The first-order valence-electron chi connectivity index (χ1n) is 47.8. The van der Waals surface area contributed by atoms with Crippen LogP contribution in [-0.4, -0.2) is 44.9 Å². The molecule has 18 heteroatoms. The highest BCUT2D eigenvalue weighted by Crippen LogP contribution is 2.51. The maximum Gasteiger partial charge on any atom is 0.200 e. The van der Waals surface area contributed by atoms with Gasteiger partial charge in [-0.1, -0.05) is 394 Å². The van der Waals surface area contributed by atoms with E-state index in [9.17, 15) is 31.6 Å². The van der Waals surface area contributed by atoms with Crippen LogP contribution in [0, 0.1) is 57.9 Å². The quantitative estimate of drug-likeness (QED) is 0.0447. The van der Waals surface area contributed by atoms with Gasteiger partial charge in [0.05, 0.1) is 118 Å². The van der Waals surface area contributed by atoms with Gasteiger partial charge in [0.25, 0.3) is 0 Å². The zero-order valence-corrected chi connectivity index (χ0v) is 78.2. The van der Waals surface area contributed by atoms with Gasteiger partial charge in [0.15, 0.2) is 40.7 Å². The Morgan fingerprint density at radius 3 is 0.696 bits per heavy atom. The minimum Gasteiger partial charge on any atom is -0.247 e. The van der Waals surface area contributed by atoms with E-state index in [1.54, 1.807) is 30.3 Å². The van der Waals surface area contributed by atoms with E-state index < -0.39 is 52.1 Å². The first kappa shape index (κ1) is 90.9. The second kappa shape index (κ2) is 38.7. The number of fused-ring (bicyclic) bond motifs is 15. The Balaban J connectivity index is 0.000000119. The van der Waals surface area contributed by atoms with E-state index in [0.29, 0.717) is 72.2 Å². The summed E-state index contributed by atoms with van der Waals surface area (Å²) in [6, 6.07) is 145. The highest BCUT2D eigenvalue weighted by molar-refractivity contribution is 6.28. The summed E-state index contributed by atoms with van der Waals surface area (Å²) in [6.45, 7) is 0. The van der Waals surface area contributed by atoms with Crippen molar-refractivity contribution >= 4 is 98.1 Å². The van der Waals surface area contributed by atoms with E-state index in [1.165, 1.54) is 12.1 Å². The lowest BCUT2D eigenvalue weighted by Gasteiger charge is -2.19. The number of hydrogen-bond donors (Lipinski definition) is 0. The fraction of sp³-hybridized carbons (Fsp3) is 0. The molecule has 0 amide bonds. The van der Waals surface area contributed by atoms with Gasteiger partial charge in [0.2, 0.25) is 5.82 Å². The minimum absolute atomic E-state index is 0.168. The molecule has 0 aliphatic carbocycles. The van der Waals surface area contributed by atoms with Crippen molar-refractivity contribution in [2.75, 3.05) is 0 Å². The van der Waals surface area contributed by atoms with E-state index in [2.05, 4.69) is 60.7 Å². The number of pyridine rings is 3. The molecule has 26 aromatic rings. The molecule has 20 aromatic carbocycles. The Morgan fingerprint density at radius 2 is 0.392 bits per heavy atom. The highest BCUT2D eigenvalue weighted by Gasteiger charge is 2.33. The van der Waals surface area contributed by atoms with Gasteiger partial charge in [-0.05, 0) is 88.0 Å². The summed E-state index contributed by atoms with van der Waals surface area (Å²) < 4.78 is 118. The molecule has 0 unspecified atom stereocenters. The molecule has 148 heavy (non-hydrogen) atoms. The molecule has 0 aliphatic heterocycles. The van der Waals surface area contributed by atoms with Crippen LogP contribution < -0.4 is 0 Å². The molecule has 0 saturated heterocycles. The summed E-state index contributed by atoms with van der Waals surface area (Å²) in [5.74, 6) is -14.2. The molecule has 6 aromatic heterocycles. The van der Waals surface area contributed by atoms with E-state index in [1.807, 2.05) is 340 Å². The SMILES string of the molecule is Fc1c(F)c(F)c(-c2ccccc2-c2nc3ccccc3c3c2cc(-c2ccccc2)c2nc(-c4ccccc4)c(-c4ccccc4)nc23)c(F)c1F.Fc1cc(-c2ccccc2-c2nc3ccccc3c3c2cc(-c2ccccc2)c2nc(-c4ccccc4)c(-c4ccccc4)nc23)cc(F)c1F.N#Cc1ccccc1-c1nc2ccccc2c2c1cc(-c1ccccc1)c1nc(-c3ccccc3)c(-c3ccccc3)nc12. The standard InChI is InChI=1S/C45H24F5N3.C45H26F3N3.C40H24N4/c46-36-35(37(47)39(49)40(50)38(36)48)28-20-10-11-21-29(28)43-32-24-31(25-14-4-1-5-15-25)44-45(34(32)30-22-12-13-23-33(30)51-43)53-42(27-18-8-3-9-19-27)41(52-44)26-16-6-2-7-17-26;46-36-24-30(25-37(47)40(36)48)31-20-10-11-21-32(31)43-35-26-34(27-14-4-1-5-15-27)44-45(39(35)33-22-12-13-23-38(33)49-43)51-42(29-18-8-3-9-19-29)41(50-44)28-16-6-2-7-17-28;41-25-29-20-10-11-21-30(29)38-33-24-32(26-14-4-1-5-15-26)39-40(35(33)31-22-12-13-23-34(31)42-38)44-37(28-18-8-3-9-19-28)36(43-39)27-16-6-2-7-17-27/h1-24H;1-26H;1-24H. The molecule has 6 heterocycles. The third-order valence-corrected chi connectivity index (χ3v) is 26.8. The largest absolute Gasteiger partial charge is 0.247 e. The first-order chi connectivity index (χ1) is 72.7. The van der Waals surface area contributed by atoms with Crippen LogP contribution in [0.15, 0.2) is 449 Å². The Hall–Kier alpha value is -19.6. The van der Waals surface area contributed by atoms with Crippen molar-refractivity contribution in [2.24, 2.45) is 0 Å². The molecule has 10 nitrogen and oxygen atoms in total. The van der Waals surface area contributed by atoms with Gasteiger partial charge in [0.1, 0.15) is 0 Å². The van der Waals surface area contributed by atoms with Crippen molar-refractivity contribution in [2.45, 2.75) is 0 Å². The van der Waals surface area contributed by atoms with Crippen LogP contribution >= 0.6 is 0 Å². The van der Waals surface area contributed by atoms with Gasteiger partial charge in [-0.3, -0.25) is 0 Å². The molecule has 26 rings (SSSR count). The van der Waals surface area contributed by atoms with Crippen LogP contribution in [0.4, 0.5) is 35.1 Å². The summed E-state index contributed by atoms with van der Waals surface area (Å²) >= 11 is 0. The molecule has 0 radical (unpaired) electrons. The Labute approximate surface area is 842 Å². The van der Waals surface area contributed by atoms with Gasteiger partial charge in [0, 0.05) is 115 Å². The van der Waals surface area contributed by atoms with Gasteiger partial charge in [-0.2, -0.15) is 5.26 Å². The van der Waals surface area contributed by atoms with Crippen molar-refractivity contribution in [3.05, 3.63) is 501 Å². The molecule has 0 aliphatic rings. The summed E-state index contributed by atoms with van der Waals surface area (Å²) in [4.78, 5) is 48.1. The van der Waals surface area contributed by atoms with Gasteiger partial charge in [-0.25, -0.2) is 80.0 Å². The predicted molar refractivity (Wildman–Crippen MR) is 578 cm³/mol. The highest BCUT2D eigenvalue weighted by atomic mass is 19.2. The minimum atomic E-state index is -2.22. The molecule has 0 N–H and O–H groups in total. The fourth-order valence-electron chi connectivity index (χ4n) is 20.0. The third kappa shape index (κ3) is 16.4. The van der Waals surface area contributed by atoms with Gasteiger partial charge in [-0.15, -0.1) is 0 Å². The number of benzene rings is 20. The van der Waals surface area contributed by atoms with Gasteiger partial charge < -0.3 is 0 Å². The van der Waals surface area contributed by atoms with Crippen LogP contribution in [0.1, 0.15) is 5.56 Å². The average molecular weight is 1930 g/mol. The number of hydrogen-bond acceptors (Lipinski definition) is 10. The van der Waals surface area contributed by atoms with Crippen LogP contribution in [0.3, 0.4) is 0 Å². The molecular weight excluding hydrogens is 1850 g/mol. The molecule has 0 saturated carbocycles. The summed E-state index contributed by atoms with van der Waals surface area (Å²) in [6.07, 6.45) is 0. The van der Waals surface area contributed by atoms with E-state index in [0.717, 1.165) is 173 Å². The van der Waals surface area contributed by atoms with Crippen molar-refractivity contribution in [1.29, 1.82) is 5.26 Å². The van der Waals surface area contributed by atoms with Crippen molar-refractivity contribution < 1.29 is 35.1 Å². The predicted octanol–water partition coefficient (Wildman–Crippen LogP) is 34.3. The molecule has 0 bridgehead atoms. The summed E-state index contributed by atoms with van der Waals surface area (Å²) in [5, 5.41) is 17.4. The zero-order chi connectivity index (χ0) is 100. The van der Waals surface area contributed by atoms with Crippen LogP contribution in [0.2, 0.25) is 0 Å². The third-order valence-electron chi connectivity index (χ3n) is 26.8. The lowest BCUT2D eigenvalue weighted by Crippen LogP contribution is -2.05. The molecular formula is C130H74F8N10. The molecule has 0 spiro atoms. The number of aromatic nitrogens is 9. The topological polar surface area (TPSA) is 140 Å². The number of rotatable bonds is 14. The second-order valence-corrected chi connectivity index (χ2v) is 35.6. The van der Waals surface area contributed by atoms with Crippen molar-refractivity contribution in [3.63, 3.8) is 0 Å². The van der Waals surface area contributed by atoms with Gasteiger partial charge >= 0.3 is 0 Å². The maximum absolute atomic E-state index is 15.5. The number of nitriles is 1. The summed E-state index contributed by atoms with van der Waals surface area (Å²) in [5.41, 5.74) is 24.9. The average Bonchev–Trinajstić information content (AvgIpc) is 0.720. The zero-order valence-electron chi connectivity index (χ0n) is 78.2. The fourth-order valence-corrected chi connectivity index (χ4v) is 20.0. The Kier molecular flexibility index (Phi) is 23.7. The van der Waals surface area contributed by atoms with Crippen LogP contribution in [0.25, 0.3) is 255 Å². The van der Waals surface area contributed by atoms with Crippen LogP contribution in [-0.2, 0) is 0 Å². The van der Waals surface area contributed by atoms with Crippen LogP contribution in [0.5, 0.6) is 0 Å².